The lowest BCUT2D eigenvalue weighted by atomic mass is 10.0. The van der Waals surface area contributed by atoms with Crippen molar-refractivity contribution in [2.75, 3.05) is 26.2 Å². The molecule has 1 aliphatic heterocycles. The van der Waals surface area contributed by atoms with Crippen LogP contribution in [0.3, 0.4) is 0 Å². The zero-order valence-electron chi connectivity index (χ0n) is 13.3. The van der Waals surface area contributed by atoms with Crippen LogP contribution in [0.5, 0.6) is 0 Å². The second-order valence-electron chi connectivity index (χ2n) is 6.22. The predicted molar refractivity (Wildman–Crippen MR) is 86.8 cm³/mol. The van der Waals surface area contributed by atoms with E-state index in [2.05, 4.69) is 17.1 Å². The average Bonchev–Trinajstić information content (AvgIpc) is 2.53. The summed E-state index contributed by atoms with van der Waals surface area (Å²) in [4.78, 5) is 2.62. The Balaban J connectivity index is 1.63. The molecule has 1 aliphatic rings. The van der Waals surface area contributed by atoms with Crippen LogP contribution >= 0.6 is 0 Å². The van der Waals surface area contributed by atoms with E-state index in [9.17, 15) is 4.39 Å². The molecule has 1 atom stereocenters. The van der Waals surface area contributed by atoms with E-state index in [0.29, 0.717) is 0 Å². The van der Waals surface area contributed by atoms with Gasteiger partial charge in [0.15, 0.2) is 0 Å². The molecule has 3 heteroatoms. The summed E-state index contributed by atoms with van der Waals surface area (Å²) in [5.41, 5.74) is 1.15. The highest BCUT2D eigenvalue weighted by Crippen LogP contribution is 2.13. The summed E-state index contributed by atoms with van der Waals surface area (Å²) in [5.74, 6) is 0.582. The Morgan fingerprint density at radius 3 is 2.52 bits per heavy atom. The van der Waals surface area contributed by atoms with Crippen molar-refractivity contribution >= 4 is 0 Å². The van der Waals surface area contributed by atoms with E-state index < -0.39 is 0 Å². The smallest absolute Gasteiger partial charge is 0.123 e. The summed E-state index contributed by atoms with van der Waals surface area (Å²) in [6, 6.07) is 6.78. The van der Waals surface area contributed by atoms with Gasteiger partial charge in [-0.05, 0) is 69.1 Å². The van der Waals surface area contributed by atoms with E-state index in [-0.39, 0.29) is 5.82 Å². The third-order valence-corrected chi connectivity index (χ3v) is 4.56. The lowest BCUT2D eigenvalue weighted by Gasteiger charge is -2.28. The lowest BCUT2D eigenvalue weighted by molar-refractivity contribution is 0.210. The molecular weight excluding hydrogens is 263 g/mol. The second-order valence-corrected chi connectivity index (χ2v) is 6.22. The van der Waals surface area contributed by atoms with Crippen LogP contribution in [0.1, 0.15) is 44.6 Å². The first kappa shape index (κ1) is 16.4. The van der Waals surface area contributed by atoms with Gasteiger partial charge in [0.2, 0.25) is 0 Å². The molecule has 2 rings (SSSR count). The van der Waals surface area contributed by atoms with Crippen molar-refractivity contribution in [3.8, 4) is 0 Å². The molecule has 2 nitrogen and oxygen atoms in total. The van der Waals surface area contributed by atoms with E-state index in [0.717, 1.165) is 24.6 Å². The van der Waals surface area contributed by atoms with Gasteiger partial charge >= 0.3 is 0 Å². The Morgan fingerprint density at radius 1 is 1.14 bits per heavy atom. The zero-order chi connectivity index (χ0) is 14.9. The van der Waals surface area contributed by atoms with Crippen LogP contribution in [-0.2, 0) is 6.54 Å². The molecule has 0 aromatic heterocycles. The van der Waals surface area contributed by atoms with Crippen LogP contribution < -0.4 is 5.32 Å². The molecule has 1 aromatic rings. The Labute approximate surface area is 128 Å². The highest BCUT2D eigenvalue weighted by molar-refractivity contribution is 5.15. The summed E-state index contributed by atoms with van der Waals surface area (Å²) >= 11 is 0. The first-order chi connectivity index (χ1) is 10.3. The van der Waals surface area contributed by atoms with Crippen LogP contribution in [0.15, 0.2) is 24.3 Å². The maximum Gasteiger partial charge on any atom is 0.123 e. The largest absolute Gasteiger partial charge is 0.312 e. The van der Waals surface area contributed by atoms with Gasteiger partial charge in [0.25, 0.3) is 0 Å². The SMILES string of the molecule is CCC(CCN1CCCCC1)CNCc1ccc(F)cc1. The van der Waals surface area contributed by atoms with Crippen molar-refractivity contribution in [2.45, 2.75) is 45.6 Å². The summed E-state index contributed by atoms with van der Waals surface area (Å²) in [6.07, 6.45) is 6.67. The third kappa shape index (κ3) is 6.15. The molecule has 0 bridgehead atoms. The standard InChI is InChI=1S/C18H29FN2/c1-2-16(10-13-21-11-4-3-5-12-21)14-20-15-17-6-8-18(19)9-7-17/h6-9,16,20H,2-5,10-15H2,1H3. The van der Waals surface area contributed by atoms with Crippen molar-refractivity contribution in [2.24, 2.45) is 5.92 Å². The highest BCUT2D eigenvalue weighted by atomic mass is 19.1. The minimum absolute atomic E-state index is 0.160. The Kier molecular flexibility index (Phi) is 7.17. The minimum Gasteiger partial charge on any atom is -0.312 e. The van der Waals surface area contributed by atoms with Crippen LogP contribution in [0.2, 0.25) is 0 Å². The molecule has 1 heterocycles. The summed E-state index contributed by atoms with van der Waals surface area (Å²) in [5, 5.41) is 3.52. The van der Waals surface area contributed by atoms with Gasteiger partial charge in [-0.2, -0.15) is 0 Å². The van der Waals surface area contributed by atoms with E-state index in [4.69, 9.17) is 0 Å². The fourth-order valence-electron chi connectivity index (χ4n) is 3.02. The van der Waals surface area contributed by atoms with Gasteiger partial charge < -0.3 is 10.2 Å². The van der Waals surface area contributed by atoms with Crippen molar-refractivity contribution < 1.29 is 4.39 Å². The van der Waals surface area contributed by atoms with Crippen LogP contribution in [0.4, 0.5) is 4.39 Å². The van der Waals surface area contributed by atoms with Gasteiger partial charge in [-0.25, -0.2) is 4.39 Å². The quantitative estimate of drug-likeness (QED) is 0.783. The molecular formula is C18H29FN2. The molecule has 1 aromatic carbocycles. The number of nitrogens with one attached hydrogen (secondary N) is 1. The molecule has 1 fully saturated rings. The summed E-state index contributed by atoms with van der Waals surface area (Å²) in [6.45, 7) is 8.00. The number of hydrogen-bond donors (Lipinski definition) is 1. The first-order valence-electron chi connectivity index (χ1n) is 8.45. The molecule has 0 spiro atoms. The molecule has 0 radical (unpaired) electrons. The molecule has 0 amide bonds. The average molecular weight is 292 g/mol. The lowest BCUT2D eigenvalue weighted by Crippen LogP contribution is -2.33. The number of rotatable bonds is 8. The zero-order valence-corrected chi connectivity index (χ0v) is 13.3. The molecule has 0 aliphatic carbocycles. The van der Waals surface area contributed by atoms with Crippen molar-refractivity contribution in [1.29, 1.82) is 0 Å². The van der Waals surface area contributed by atoms with Gasteiger partial charge in [0.1, 0.15) is 5.82 Å². The number of halogens is 1. The number of piperidine rings is 1. The maximum absolute atomic E-state index is 12.8. The molecule has 118 valence electrons. The van der Waals surface area contributed by atoms with Gasteiger partial charge in [-0.15, -0.1) is 0 Å². The normalized spacial score (nSPS) is 17.8. The topological polar surface area (TPSA) is 15.3 Å². The van der Waals surface area contributed by atoms with Gasteiger partial charge in [0, 0.05) is 6.54 Å². The Hall–Kier alpha value is -0.930. The van der Waals surface area contributed by atoms with Gasteiger partial charge in [0.05, 0.1) is 0 Å². The van der Waals surface area contributed by atoms with Gasteiger partial charge in [-0.3, -0.25) is 0 Å². The first-order valence-corrected chi connectivity index (χ1v) is 8.45. The fourth-order valence-corrected chi connectivity index (χ4v) is 3.02. The van der Waals surface area contributed by atoms with E-state index in [1.165, 1.54) is 63.9 Å². The molecule has 21 heavy (non-hydrogen) atoms. The molecule has 0 saturated carbocycles. The minimum atomic E-state index is -0.160. The molecule has 1 N–H and O–H groups in total. The van der Waals surface area contributed by atoms with E-state index >= 15 is 0 Å². The number of benzene rings is 1. The number of likely N-dealkylation sites (tertiary alicyclic amines) is 1. The second kappa shape index (κ2) is 9.16. The predicted octanol–water partition coefficient (Wildman–Crippen LogP) is 3.82. The van der Waals surface area contributed by atoms with Crippen molar-refractivity contribution in [3.05, 3.63) is 35.6 Å². The van der Waals surface area contributed by atoms with Crippen molar-refractivity contribution in [3.63, 3.8) is 0 Å². The maximum atomic E-state index is 12.8. The third-order valence-electron chi connectivity index (χ3n) is 4.56. The molecule has 1 unspecified atom stereocenters. The van der Waals surface area contributed by atoms with Gasteiger partial charge in [-0.1, -0.05) is 31.9 Å². The fraction of sp³-hybridized carbons (Fsp3) is 0.667. The van der Waals surface area contributed by atoms with Crippen molar-refractivity contribution in [1.82, 2.24) is 10.2 Å². The summed E-state index contributed by atoms with van der Waals surface area (Å²) < 4.78 is 12.8. The van der Waals surface area contributed by atoms with E-state index in [1.54, 1.807) is 0 Å². The van der Waals surface area contributed by atoms with Crippen LogP contribution in [-0.4, -0.2) is 31.1 Å². The number of hydrogen-bond acceptors (Lipinski definition) is 2. The Morgan fingerprint density at radius 2 is 1.86 bits per heavy atom. The Bertz CT molecular complexity index is 385. The highest BCUT2D eigenvalue weighted by Gasteiger charge is 2.12. The monoisotopic (exact) mass is 292 g/mol. The number of nitrogens with zero attached hydrogens (tertiary/aromatic N) is 1. The van der Waals surface area contributed by atoms with Crippen LogP contribution in [0, 0.1) is 11.7 Å². The van der Waals surface area contributed by atoms with Crippen LogP contribution in [0.25, 0.3) is 0 Å². The molecule has 1 saturated heterocycles. The summed E-state index contributed by atoms with van der Waals surface area (Å²) in [7, 11) is 0. The van der Waals surface area contributed by atoms with E-state index in [1.807, 2.05) is 12.1 Å².